The molecule has 3 heteroatoms. The molecule has 3 atom stereocenters. The third kappa shape index (κ3) is 0.352. The van der Waals surface area contributed by atoms with E-state index in [0.29, 0.717) is 17.9 Å². The van der Waals surface area contributed by atoms with Gasteiger partial charge in [0.1, 0.15) is 5.78 Å². The molecule has 2 unspecified atom stereocenters. The van der Waals surface area contributed by atoms with Crippen LogP contribution >= 0.6 is 0 Å². The molecule has 2 saturated heterocycles. The van der Waals surface area contributed by atoms with Crippen LogP contribution in [0.2, 0.25) is 0 Å². The van der Waals surface area contributed by atoms with E-state index < -0.39 is 0 Å². The first kappa shape index (κ1) is 5.27. The molecule has 3 nitrogen and oxygen atoms in total. The molecule has 0 radical (unpaired) electrons. The zero-order valence-corrected chi connectivity index (χ0v) is 5.68. The van der Waals surface area contributed by atoms with Gasteiger partial charge in [0, 0.05) is 31.5 Å². The van der Waals surface area contributed by atoms with Crippen molar-refractivity contribution in [1.29, 1.82) is 0 Å². The molecule has 2 heterocycles. The van der Waals surface area contributed by atoms with E-state index in [2.05, 4.69) is 10.6 Å². The quantitative estimate of drug-likeness (QED) is 0.452. The zero-order chi connectivity index (χ0) is 6.77. The van der Waals surface area contributed by atoms with Crippen LogP contribution < -0.4 is 10.6 Å². The van der Waals surface area contributed by atoms with Gasteiger partial charge in [-0.15, -0.1) is 0 Å². The predicted octanol–water partition coefficient (Wildman–Crippen LogP) is -0.968. The molecule has 0 aromatic heterocycles. The fraction of sp³-hybridized carbons (Fsp3) is 0.857. The van der Waals surface area contributed by atoms with Crippen LogP contribution in [0.1, 0.15) is 12.8 Å². The van der Waals surface area contributed by atoms with Gasteiger partial charge in [0.05, 0.1) is 5.54 Å². The molecule has 1 saturated carbocycles. The minimum absolute atomic E-state index is 0.233. The lowest BCUT2D eigenvalue weighted by Crippen LogP contribution is -2.89. The van der Waals surface area contributed by atoms with Crippen molar-refractivity contribution >= 4 is 5.78 Å². The summed E-state index contributed by atoms with van der Waals surface area (Å²) in [6.07, 6.45) is 1.53. The molecule has 10 heavy (non-hydrogen) atoms. The van der Waals surface area contributed by atoms with Gasteiger partial charge in [0.2, 0.25) is 0 Å². The monoisotopic (exact) mass is 138 g/mol. The van der Waals surface area contributed by atoms with Crippen molar-refractivity contribution in [3.05, 3.63) is 0 Å². The van der Waals surface area contributed by atoms with E-state index in [-0.39, 0.29) is 5.54 Å². The van der Waals surface area contributed by atoms with Crippen LogP contribution in [0.3, 0.4) is 0 Å². The zero-order valence-electron chi connectivity index (χ0n) is 5.68. The normalized spacial score (nSPS) is 56.6. The Kier molecular flexibility index (Phi) is 0.679. The second-order valence-electron chi connectivity index (χ2n) is 3.61. The first-order chi connectivity index (χ1) is 4.81. The fourth-order valence-corrected chi connectivity index (χ4v) is 2.51. The Labute approximate surface area is 59.2 Å². The maximum atomic E-state index is 11.0. The van der Waals surface area contributed by atoms with Gasteiger partial charge in [-0.25, -0.2) is 0 Å². The first-order valence-corrected chi connectivity index (χ1v) is 3.84. The molecule has 0 bridgehead atoms. The minimum atomic E-state index is 0.233. The summed E-state index contributed by atoms with van der Waals surface area (Å²) in [5.74, 6) is 0.423. The van der Waals surface area contributed by atoms with Gasteiger partial charge in [-0.2, -0.15) is 0 Å². The van der Waals surface area contributed by atoms with Gasteiger partial charge >= 0.3 is 0 Å². The Balaban J connectivity index is 1.96. The number of rotatable bonds is 0. The summed E-state index contributed by atoms with van der Waals surface area (Å²) in [5.41, 5.74) is 0.233. The van der Waals surface area contributed by atoms with Gasteiger partial charge in [-0.3, -0.25) is 4.79 Å². The van der Waals surface area contributed by atoms with Gasteiger partial charge in [0.25, 0.3) is 0 Å². The fourth-order valence-electron chi connectivity index (χ4n) is 2.51. The lowest BCUT2D eigenvalue weighted by molar-refractivity contribution is -0.118. The summed E-state index contributed by atoms with van der Waals surface area (Å²) in [5, 5.41) is 6.75. The molecule has 3 aliphatic rings. The van der Waals surface area contributed by atoms with Crippen LogP contribution in [0.15, 0.2) is 0 Å². The number of carbonyl (C=O) groups is 1. The highest BCUT2D eigenvalue weighted by atomic mass is 16.1. The second-order valence-corrected chi connectivity index (χ2v) is 3.61. The molecule has 0 amide bonds. The van der Waals surface area contributed by atoms with Gasteiger partial charge in [0.15, 0.2) is 0 Å². The van der Waals surface area contributed by atoms with Crippen molar-refractivity contribution in [1.82, 2.24) is 10.6 Å². The van der Waals surface area contributed by atoms with Gasteiger partial charge in [-0.1, -0.05) is 0 Å². The van der Waals surface area contributed by atoms with Crippen LogP contribution in [0.4, 0.5) is 0 Å². The third-order valence-corrected chi connectivity index (χ3v) is 3.20. The molecule has 1 spiro atoms. The third-order valence-electron chi connectivity index (χ3n) is 3.20. The number of piperazine rings is 1. The van der Waals surface area contributed by atoms with Crippen molar-refractivity contribution in [3.63, 3.8) is 0 Å². The van der Waals surface area contributed by atoms with E-state index in [9.17, 15) is 4.79 Å². The van der Waals surface area contributed by atoms with E-state index in [0.717, 1.165) is 19.4 Å². The summed E-state index contributed by atoms with van der Waals surface area (Å²) >= 11 is 0. The SMILES string of the molecule is O=C1CC2N[C@@H]3CNC23C1. The van der Waals surface area contributed by atoms with Crippen LogP contribution in [0.25, 0.3) is 0 Å². The van der Waals surface area contributed by atoms with Crippen molar-refractivity contribution in [2.24, 2.45) is 0 Å². The molecule has 1 aliphatic carbocycles. The Morgan fingerprint density at radius 1 is 1.50 bits per heavy atom. The van der Waals surface area contributed by atoms with E-state index in [4.69, 9.17) is 0 Å². The summed E-state index contributed by atoms with van der Waals surface area (Å²) < 4.78 is 0. The number of nitrogens with one attached hydrogen (secondary N) is 2. The summed E-state index contributed by atoms with van der Waals surface area (Å²) in [6, 6.07) is 1.09. The molecule has 54 valence electrons. The highest BCUT2D eigenvalue weighted by Gasteiger charge is 2.64. The van der Waals surface area contributed by atoms with E-state index >= 15 is 0 Å². The molecular formula is C7H10N2O. The minimum Gasteiger partial charge on any atom is -0.306 e. The largest absolute Gasteiger partial charge is 0.306 e. The second kappa shape index (κ2) is 1.29. The van der Waals surface area contributed by atoms with E-state index in [1.165, 1.54) is 0 Å². The molecule has 3 rings (SSSR count). The Morgan fingerprint density at radius 3 is 2.80 bits per heavy atom. The summed E-state index contributed by atoms with van der Waals surface area (Å²) in [6.45, 7) is 1.06. The Morgan fingerprint density at radius 2 is 2.40 bits per heavy atom. The smallest absolute Gasteiger partial charge is 0.136 e. The van der Waals surface area contributed by atoms with Crippen LogP contribution in [-0.2, 0) is 4.79 Å². The van der Waals surface area contributed by atoms with E-state index in [1.54, 1.807) is 0 Å². The Bertz CT molecular complexity index is 216. The number of ketones is 1. The number of carbonyl (C=O) groups excluding carboxylic acids is 1. The van der Waals surface area contributed by atoms with Crippen LogP contribution in [0.5, 0.6) is 0 Å². The molecule has 3 fully saturated rings. The van der Waals surface area contributed by atoms with Gasteiger partial charge in [-0.05, 0) is 0 Å². The molecule has 2 N–H and O–H groups in total. The summed E-state index contributed by atoms with van der Waals surface area (Å²) in [7, 11) is 0. The summed E-state index contributed by atoms with van der Waals surface area (Å²) in [4.78, 5) is 11.0. The van der Waals surface area contributed by atoms with E-state index in [1.807, 2.05) is 0 Å². The van der Waals surface area contributed by atoms with Crippen LogP contribution in [0, 0.1) is 0 Å². The molecule has 0 aromatic carbocycles. The van der Waals surface area contributed by atoms with Crippen molar-refractivity contribution < 1.29 is 4.79 Å². The Hall–Kier alpha value is -0.410. The average molecular weight is 138 g/mol. The van der Waals surface area contributed by atoms with Gasteiger partial charge < -0.3 is 10.6 Å². The first-order valence-electron chi connectivity index (χ1n) is 3.84. The topological polar surface area (TPSA) is 41.1 Å². The van der Waals surface area contributed by atoms with Crippen molar-refractivity contribution in [2.45, 2.75) is 30.5 Å². The molecule has 0 aromatic rings. The number of Topliss-reactive ketones (excluding diaryl/α,β-unsaturated/α-hetero) is 1. The highest BCUT2D eigenvalue weighted by Crippen LogP contribution is 2.43. The predicted molar refractivity (Wildman–Crippen MR) is 35.7 cm³/mol. The number of hydrogen-bond acceptors (Lipinski definition) is 3. The maximum absolute atomic E-state index is 11.0. The molecular weight excluding hydrogens is 128 g/mol. The lowest BCUT2D eigenvalue weighted by atomic mass is 9.70. The number of hydrogen-bond donors (Lipinski definition) is 2. The maximum Gasteiger partial charge on any atom is 0.136 e. The highest BCUT2D eigenvalue weighted by molar-refractivity contribution is 5.85. The van der Waals surface area contributed by atoms with Crippen molar-refractivity contribution in [3.8, 4) is 0 Å². The molecule has 2 aliphatic heterocycles. The average Bonchev–Trinajstić information content (AvgIpc) is 2.21. The lowest BCUT2D eigenvalue weighted by Gasteiger charge is -2.62. The standard InChI is InChI=1S/C7H10N2O/c10-4-1-5-7(2-4)6(9-5)3-8-7/h5-6,8-9H,1-3H2/t5?,6-,7?/m1/s1. The van der Waals surface area contributed by atoms with Crippen molar-refractivity contribution in [2.75, 3.05) is 6.54 Å². The van der Waals surface area contributed by atoms with Crippen LogP contribution in [-0.4, -0.2) is 30.0 Å².